The third kappa shape index (κ3) is 2.66. The number of piperazine rings is 1. The molecule has 0 amide bonds. The number of aryl methyl sites for hydroxylation is 1. The van der Waals surface area contributed by atoms with Crippen LogP contribution in [0.25, 0.3) is 0 Å². The number of anilines is 2. The van der Waals surface area contributed by atoms with Crippen LogP contribution in [0.5, 0.6) is 0 Å². The van der Waals surface area contributed by atoms with Gasteiger partial charge in [-0.2, -0.15) is 4.98 Å². The highest BCUT2D eigenvalue weighted by Crippen LogP contribution is 2.19. The maximum atomic E-state index is 4.55. The van der Waals surface area contributed by atoms with E-state index >= 15 is 0 Å². The van der Waals surface area contributed by atoms with E-state index in [4.69, 9.17) is 0 Å². The van der Waals surface area contributed by atoms with Gasteiger partial charge in [-0.05, 0) is 13.5 Å². The lowest BCUT2D eigenvalue weighted by atomic mass is 10.2. The molecule has 94 valence electrons. The van der Waals surface area contributed by atoms with Crippen molar-refractivity contribution >= 4 is 11.8 Å². The molecule has 1 aliphatic heterocycles. The van der Waals surface area contributed by atoms with Crippen molar-refractivity contribution in [2.75, 3.05) is 50.0 Å². The minimum atomic E-state index is 0.698. The third-order valence-electron chi connectivity index (χ3n) is 3.29. The highest BCUT2D eigenvalue weighted by atomic mass is 15.3. The molecule has 0 saturated carbocycles. The molecule has 0 atom stereocenters. The molecule has 0 spiro atoms. The first-order valence-corrected chi connectivity index (χ1v) is 6.23. The van der Waals surface area contributed by atoms with Gasteiger partial charge >= 0.3 is 0 Å². The molecule has 1 aromatic rings. The number of hydrogen-bond acceptors (Lipinski definition) is 5. The second-order valence-electron chi connectivity index (χ2n) is 4.37. The number of rotatable bonds is 3. The molecule has 5 nitrogen and oxygen atoms in total. The monoisotopic (exact) mass is 235 g/mol. The van der Waals surface area contributed by atoms with Crippen molar-refractivity contribution in [1.82, 2.24) is 14.9 Å². The van der Waals surface area contributed by atoms with E-state index < -0.39 is 0 Å². The lowest BCUT2D eigenvalue weighted by Crippen LogP contribution is -2.46. The highest BCUT2D eigenvalue weighted by Gasteiger charge is 2.18. The fourth-order valence-electron chi connectivity index (χ4n) is 2.15. The molecule has 0 aromatic carbocycles. The Morgan fingerprint density at radius 1 is 1.29 bits per heavy atom. The summed E-state index contributed by atoms with van der Waals surface area (Å²) >= 11 is 0. The topological polar surface area (TPSA) is 44.3 Å². The van der Waals surface area contributed by atoms with Gasteiger partial charge in [0, 0.05) is 45.0 Å². The lowest BCUT2D eigenvalue weighted by molar-refractivity contribution is 0.270. The third-order valence-corrected chi connectivity index (χ3v) is 3.29. The van der Waals surface area contributed by atoms with Crippen molar-refractivity contribution in [3.05, 3.63) is 11.8 Å². The minimum absolute atomic E-state index is 0.698. The second-order valence-corrected chi connectivity index (χ2v) is 4.37. The molecular formula is C12H21N5. The molecule has 0 radical (unpaired) electrons. The van der Waals surface area contributed by atoms with Gasteiger partial charge in [-0.3, -0.25) is 0 Å². The van der Waals surface area contributed by atoms with Crippen molar-refractivity contribution in [2.45, 2.75) is 13.8 Å². The predicted molar refractivity (Wildman–Crippen MR) is 70.6 cm³/mol. The Kier molecular flexibility index (Phi) is 3.78. The van der Waals surface area contributed by atoms with Gasteiger partial charge in [-0.15, -0.1) is 0 Å². The first kappa shape index (κ1) is 12.1. The van der Waals surface area contributed by atoms with Crippen LogP contribution in [-0.2, 0) is 0 Å². The molecule has 1 aliphatic rings. The first-order chi connectivity index (χ1) is 8.24. The van der Waals surface area contributed by atoms with Crippen molar-refractivity contribution < 1.29 is 0 Å². The Labute approximate surface area is 103 Å². The largest absolute Gasteiger partial charge is 0.357 e. The van der Waals surface area contributed by atoms with E-state index in [0.717, 1.165) is 44.1 Å². The zero-order chi connectivity index (χ0) is 12.3. The van der Waals surface area contributed by atoms with Gasteiger partial charge in [-0.1, -0.05) is 6.92 Å². The van der Waals surface area contributed by atoms with E-state index in [9.17, 15) is 0 Å². The van der Waals surface area contributed by atoms with E-state index in [2.05, 4.69) is 38.9 Å². The van der Waals surface area contributed by atoms with Crippen LogP contribution in [0.2, 0.25) is 0 Å². The van der Waals surface area contributed by atoms with Crippen LogP contribution in [0, 0.1) is 6.92 Å². The van der Waals surface area contributed by atoms with Gasteiger partial charge in [-0.25, -0.2) is 4.98 Å². The summed E-state index contributed by atoms with van der Waals surface area (Å²) in [7, 11) is 1.85. The molecule has 5 heteroatoms. The number of hydrogen-bond donors (Lipinski definition) is 1. The normalized spacial score (nSPS) is 17.2. The Morgan fingerprint density at radius 3 is 2.59 bits per heavy atom. The predicted octanol–water partition coefficient (Wildman–Crippen LogP) is 0.969. The van der Waals surface area contributed by atoms with Gasteiger partial charge in [0.15, 0.2) is 0 Å². The Morgan fingerprint density at radius 2 is 2.00 bits per heavy atom. The van der Waals surface area contributed by atoms with Crippen LogP contribution in [0.15, 0.2) is 6.20 Å². The van der Waals surface area contributed by atoms with Crippen molar-refractivity contribution in [3.63, 3.8) is 0 Å². The summed E-state index contributed by atoms with van der Waals surface area (Å²) < 4.78 is 0. The van der Waals surface area contributed by atoms with E-state index in [1.807, 2.05) is 13.2 Å². The van der Waals surface area contributed by atoms with Crippen molar-refractivity contribution in [1.29, 1.82) is 0 Å². The second kappa shape index (κ2) is 5.31. The van der Waals surface area contributed by atoms with Gasteiger partial charge in [0.1, 0.15) is 5.82 Å². The summed E-state index contributed by atoms with van der Waals surface area (Å²) in [6, 6.07) is 0. The summed E-state index contributed by atoms with van der Waals surface area (Å²) in [6.07, 6.45) is 1.89. The SMILES string of the molecule is CCN1CCN(c2nc(NC)ncc2C)CC1. The fourth-order valence-corrected chi connectivity index (χ4v) is 2.15. The van der Waals surface area contributed by atoms with Crippen LogP contribution in [0.4, 0.5) is 11.8 Å². The molecule has 2 rings (SSSR count). The number of nitrogens with one attached hydrogen (secondary N) is 1. The summed E-state index contributed by atoms with van der Waals surface area (Å²) in [5.41, 5.74) is 1.15. The molecule has 1 saturated heterocycles. The Hall–Kier alpha value is -1.36. The lowest BCUT2D eigenvalue weighted by Gasteiger charge is -2.35. The summed E-state index contributed by atoms with van der Waals surface area (Å²) in [5, 5.41) is 2.99. The van der Waals surface area contributed by atoms with E-state index in [1.165, 1.54) is 0 Å². The Bertz CT molecular complexity index is 371. The zero-order valence-corrected chi connectivity index (χ0v) is 10.9. The average Bonchev–Trinajstić information content (AvgIpc) is 2.39. The van der Waals surface area contributed by atoms with Crippen LogP contribution in [-0.4, -0.2) is 54.6 Å². The molecule has 1 N–H and O–H groups in total. The van der Waals surface area contributed by atoms with Crippen LogP contribution < -0.4 is 10.2 Å². The van der Waals surface area contributed by atoms with E-state index in [1.54, 1.807) is 0 Å². The molecule has 1 aromatic heterocycles. The maximum absolute atomic E-state index is 4.55. The molecular weight excluding hydrogens is 214 g/mol. The molecule has 0 aliphatic carbocycles. The molecule has 17 heavy (non-hydrogen) atoms. The van der Waals surface area contributed by atoms with Gasteiger partial charge in [0.05, 0.1) is 0 Å². The van der Waals surface area contributed by atoms with E-state index in [0.29, 0.717) is 5.95 Å². The highest BCUT2D eigenvalue weighted by molar-refractivity contribution is 5.49. The van der Waals surface area contributed by atoms with Crippen molar-refractivity contribution in [2.24, 2.45) is 0 Å². The number of aromatic nitrogens is 2. The van der Waals surface area contributed by atoms with Crippen molar-refractivity contribution in [3.8, 4) is 0 Å². The molecule has 0 bridgehead atoms. The van der Waals surface area contributed by atoms with Crippen LogP contribution >= 0.6 is 0 Å². The van der Waals surface area contributed by atoms with Crippen LogP contribution in [0.3, 0.4) is 0 Å². The molecule has 2 heterocycles. The molecule has 0 unspecified atom stereocenters. The fraction of sp³-hybridized carbons (Fsp3) is 0.667. The molecule has 1 fully saturated rings. The van der Waals surface area contributed by atoms with Gasteiger partial charge in [0.2, 0.25) is 5.95 Å². The van der Waals surface area contributed by atoms with Crippen LogP contribution in [0.1, 0.15) is 12.5 Å². The minimum Gasteiger partial charge on any atom is -0.357 e. The van der Waals surface area contributed by atoms with Gasteiger partial charge in [0.25, 0.3) is 0 Å². The summed E-state index contributed by atoms with van der Waals surface area (Å²) in [4.78, 5) is 13.6. The van der Waals surface area contributed by atoms with Gasteiger partial charge < -0.3 is 15.1 Å². The summed E-state index contributed by atoms with van der Waals surface area (Å²) in [5.74, 6) is 1.77. The number of likely N-dealkylation sites (N-methyl/N-ethyl adjacent to an activating group) is 1. The standard InChI is InChI=1S/C12H21N5/c1-4-16-5-7-17(8-6-16)11-10(2)9-14-12(13-3)15-11/h9H,4-8H2,1-3H3,(H,13,14,15). The zero-order valence-electron chi connectivity index (χ0n) is 10.9. The summed E-state index contributed by atoms with van der Waals surface area (Å²) in [6.45, 7) is 9.76. The maximum Gasteiger partial charge on any atom is 0.224 e. The smallest absolute Gasteiger partial charge is 0.224 e. The Balaban J connectivity index is 2.12. The average molecular weight is 235 g/mol. The van der Waals surface area contributed by atoms with E-state index in [-0.39, 0.29) is 0 Å². The quantitative estimate of drug-likeness (QED) is 0.845. The first-order valence-electron chi connectivity index (χ1n) is 6.23. The number of nitrogens with zero attached hydrogens (tertiary/aromatic N) is 4.